The van der Waals surface area contributed by atoms with Gasteiger partial charge in [0.05, 0.1) is 18.8 Å². The number of oxime groups is 1. The SMILES string of the molecule is CC(C)(C)OC(=O)Nc1nc(C(=NOC2(C(=O)O)CC2)C(=O)N[C@@H]2C(=O)N[C@@H]2Cn2ncc(C=O)n2)cs1. The van der Waals surface area contributed by atoms with E-state index in [1.54, 1.807) is 20.8 Å². The van der Waals surface area contributed by atoms with Crippen LogP contribution in [0.25, 0.3) is 0 Å². The highest BCUT2D eigenvalue weighted by atomic mass is 32.1. The summed E-state index contributed by atoms with van der Waals surface area (Å²) in [4.78, 5) is 70.3. The molecule has 17 heteroatoms. The zero-order valence-electron chi connectivity index (χ0n) is 20.5. The number of aldehydes is 1. The van der Waals surface area contributed by atoms with Crippen LogP contribution in [0.15, 0.2) is 16.7 Å². The maximum atomic E-state index is 13.2. The zero-order chi connectivity index (χ0) is 27.7. The van der Waals surface area contributed by atoms with Crippen molar-refractivity contribution in [3.8, 4) is 0 Å². The summed E-state index contributed by atoms with van der Waals surface area (Å²) in [6.45, 7) is 5.14. The number of carbonyl (C=O) groups is 5. The number of β-lactam (4-membered cyclic amide) rings is 1. The highest BCUT2D eigenvalue weighted by Crippen LogP contribution is 2.40. The van der Waals surface area contributed by atoms with Crippen LogP contribution in [-0.2, 0) is 30.5 Å². The standard InChI is InChI=1S/C21H24N8O8S/c1-20(2,3)36-19(35)26-18-24-12(9-38-18)14(28-37-21(4-5-21)17(33)34)16(32)25-13-11(23-15(13)31)7-29-22-6-10(8-30)27-29/h6,8-9,11,13H,4-5,7H2,1-3H3,(H,23,31)(H,25,32)(H,33,34)(H,24,26,35)/t11-,13+/m1/s1. The second-order valence-corrected chi connectivity index (χ2v) is 10.4. The monoisotopic (exact) mass is 548 g/mol. The molecule has 1 aliphatic carbocycles. The third-order valence-electron chi connectivity index (χ3n) is 5.31. The molecule has 2 aromatic rings. The lowest BCUT2D eigenvalue weighted by atomic mass is 9.98. The summed E-state index contributed by atoms with van der Waals surface area (Å²) >= 11 is 0.967. The maximum absolute atomic E-state index is 13.2. The van der Waals surface area contributed by atoms with E-state index >= 15 is 0 Å². The smallest absolute Gasteiger partial charge is 0.413 e. The Labute approximate surface area is 218 Å². The van der Waals surface area contributed by atoms with Crippen LogP contribution in [-0.4, -0.2) is 84.2 Å². The number of hydrogen-bond acceptors (Lipinski definition) is 12. The Balaban J connectivity index is 1.50. The van der Waals surface area contributed by atoms with Gasteiger partial charge in [-0.3, -0.25) is 19.7 Å². The Bertz CT molecular complexity index is 1310. The Morgan fingerprint density at radius 3 is 2.68 bits per heavy atom. The van der Waals surface area contributed by atoms with E-state index in [4.69, 9.17) is 9.57 Å². The van der Waals surface area contributed by atoms with Gasteiger partial charge in [0.15, 0.2) is 17.1 Å². The molecule has 202 valence electrons. The van der Waals surface area contributed by atoms with E-state index in [0.717, 1.165) is 11.3 Å². The van der Waals surface area contributed by atoms with Gasteiger partial charge in [0, 0.05) is 18.2 Å². The Morgan fingerprint density at radius 2 is 2.11 bits per heavy atom. The molecule has 1 saturated carbocycles. The third kappa shape index (κ3) is 6.10. The van der Waals surface area contributed by atoms with Crippen LogP contribution in [0, 0.1) is 0 Å². The van der Waals surface area contributed by atoms with Crippen molar-refractivity contribution < 1.29 is 38.7 Å². The van der Waals surface area contributed by atoms with E-state index in [1.165, 1.54) is 16.4 Å². The van der Waals surface area contributed by atoms with E-state index in [2.05, 4.69) is 36.3 Å². The van der Waals surface area contributed by atoms with Gasteiger partial charge >= 0.3 is 12.1 Å². The van der Waals surface area contributed by atoms with Gasteiger partial charge in [0.1, 0.15) is 23.0 Å². The average molecular weight is 549 g/mol. The van der Waals surface area contributed by atoms with Crippen LogP contribution in [0.5, 0.6) is 0 Å². The van der Waals surface area contributed by atoms with Gasteiger partial charge in [-0.15, -0.1) is 11.3 Å². The molecule has 1 aliphatic heterocycles. The number of anilines is 1. The number of carboxylic acids is 1. The first-order chi connectivity index (χ1) is 17.9. The van der Waals surface area contributed by atoms with Crippen LogP contribution >= 0.6 is 11.3 Å². The lowest BCUT2D eigenvalue weighted by Gasteiger charge is -2.36. The summed E-state index contributed by atoms with van der Waals surface area (Å²) in [5.41, 5.74) is -2.61. The number of aromatic nitrogens is 4. The number of aliphatic carboxylic acids is 1. The van der Waals surface area contributed by atoms with Crippen LogP contribution in [0.2, 0.25) is 0 Å². The van der Waals surface area contributed by atoms with Crippen molar-refractivity contribution in [1.29, 1.82) is 0 Å². The van der Waals surface area contributed by atoms with Gasteiger partial charge in [-0.05, 0) is 20.8 Å². The summed E-state index contributed by atoms with van der Waals surface area (Å²) in [5.74, 6) is -2.58. The summed E-state index contributed by atoms with van der Waals surface area (Å²) in [6.07, 6.45) is 1.42. The number of thiazole rings is 1. The number of carbonyl (C=O) groups excluding carboxylic acids is 4. The lowest BCUT2D eigenvalue weighted by molar-refractivity contribution is -0.153. The normalized spacial score (nSPS) is 20.0. The molecule has 0 radical (unpaired) electrons. The van der Waals surface area contributed by atoms with Gasteiger partial charge in [0.25, 0.3) is 5.91 Å². The largest absolute Gasteiger partial charge is 0.478 e. The number of ether oxygens (including phenoxy) is 1. The van der Waals surface area contributed by atoms with E-state index in [1.807, 2.05) is 0 Å². The highest BCUT2D eigenvalue weighted by molar-refractivity contribution is 7.14. The molecule has 0 spiro atoms. The average Bonchev–Trinajstić information content (AvgIpc) is 3.26. The second kappa shape index (κ2) is 10.2. The quantitative estimate of drug-likeness (QED) is 0.133. The summed E-state index contributed by atoms with van der Waals surface area (Å²) in [7, 11) is 0. The highest BCUT2D eigenvalue weighted by Gasteiger charge is 2.55. The molecule has 0 bridgehead atoms. The van der Waals surface area contributed by atoms with E-state index in [-0.39, 0.29) is 35.9 Å². The summed E-state index contributed by atoms with van der Waals surface area (Å²) in [6, 6.07) is -1.61. The van der Waals surface area contributed by atoms with E-state index in [9.17, 15) is 29.1 Å². The van der Waals surface area contributed by atoms with Crippen LogP contribution < -0.4 is 16.0 Å². The fraction of sp³-hybridized carbons (Fsp3) is 0.476. The minimum absolute atomic E-state index is 0.0274. The molecule has 38 heavy (non-hydrogen) atoms. The molecule has 4 N–H and O–H groups in total. The molecular formula is C21H24N8O8S. The molecule has 0 unspecified atom stereocenters. The van der Waals surface area contributed by atoms with Crippen molar-refractivity contribution >= 4 is 52.3 Å². The first-order valence-electron chi connectivity index (χ1n) is 11.3. The molecule has 2 fully saturated rings. The topological polar surface area (TPSA) is 216 Å². The fourth-order valence-corrected chi connectivity index (χ4v) is 3.90. The lowest BCUT2D eigenvalue weighted by Crippen LogP contribution is -2.70. The molecule has 2 aromatic heterocycles. The van der Waals surface area contributed by atoms with E-state index in [0.29, 0.717) is 6.29 Å². The maximum Gasteiger partial charge on any atom is 0.413 e. The molecule has 16 nitrogen and oxygen atoms in total. The molecule has 0 aromatic carbocycles. The number of amides is 3. The van der Waals surface area contributed by atoms with Crippen LogP contribution in [0.1, 0.15) is 49.8 Å². The van der Waals surface area contributed by atoms with Crippen LogP contribution in [0.4, 0.5) is 9.93 Å². The zero-order valence-corrected chi connectivity index (χ0v) is 21.3. The van der Waals surface area contributed by atoms with Crippen LogP contribution in [0.3, 0.4) is 0 Å². The predicted octanol–water partition coefficient (Wildman–Crippen LogP) is -0.0846. The minimum Gasteiger partial charge on any atom is -0.478 e. The molecular weight excluding hydrogens is 524 g/mol. The second-order valence-electron chi connectivity index (χ2n) is 9.50. The minimum atomic E-state index is -1.54. The number of hydrogen-bond donors (Lipinski definition) is 4. The van der Waals surface area contributed by atoms with Crippen molar-refractivity contribution in [3.63, 3.8) is 0 Å². The van der Waals surface area contributed by atoms with Gasteiger partial charge in [-0.25, -0.2) is 14.6 Å². The van der Waals surface area contributed by atoms with Crippen molar-refractivity contribution in [2.75, 3.05) is 5.32 Å². The number of rotatable bonds is 10. The third-order valence-corrected chi connectivity index (χ3v) is 6.07. The van der Waals surface area contributed by atoms with Crippen molar-refractivity contribution in [2.45, 2.75) is 63.4 Å². The molecule has 1 saturated heterocycles. The summed E-state index contributed by atoms with van der Waals surface area (Å²) in [5, 5.41) is 30.1. The van der Waals surface area contributed by atoms with Gasteiger partial charge < -0.3 is 25.3 Å². The van der Waals surface area contributed by atoms with Gasteiger partial charge in [-0.2, -0.15) is 15.0 Å². The number of carboxylic acid groups (broad SMARTS) is 1. The summed E-state index contributed by atoms with van der Waals surface area (Å²) < 4.78 is 5.18. The number of nitrogens with zero attached hydrogens (tertiary/aromatic N) is 5. The Hall–Kier alpha value is -4.41. The molecule has 3 heterocycles. The van der Waals surface area contributed by atoms with Gasteiger partial charge in [0.2, 0.25) is 11.5 Å². The predicted molar refractivity (Wildman–Crippen MR) is 128 cm³/mol. The molecule has 2 atom stereocenters. The van der Waals surface area contributed by atoms with Gasteiger partial charge in [-0.1, -0.05) is 5.16 Å². The Kier molecular flexibility index (Phi) is 7.12. The number of nitrogens with one attached hydrogen (secondary N) is 3. The molecule has 3 amide bonds. The Morgan fingerprint density at radius 1 is 1.37 bits per heavy atom. The van der Waals surface area contributed by atoms with Crippen molar-refractivity contribution in [2.24, 2.45) is 5.16 Å². The van der Waals surface area contributed by atoms with Crippen molar-refractivity contribution in [1.82, 2.24) is 30.6 Å². The first-order valence-corrected chi connectivity index (χ1v) is 12.2. The molecule has 2 aliphatic rings. The fourth-order valence-electron chi connectivity index (χ4n) is 3.22. The first kappa shape index (κ1) is 26.6. The van der Waals surface area contributed by atoms with E-state index < -0.39 is 52.9 Å². The van der Waals surface area contributed by atoms with Crippen molar-refractivity contribution in [3.05, 3.63) is 23.0 Å². The molecule has 4 rings (SSSR count).